The van der Waals surface area contributed by atoms with Gasteiger partial charge in [-0.25, -0.2) is 0 Å². The monoisotopic (exact) mass is 297 g/mol. The third kappa shape index (κ3) is 2.88. The molecule has 0 spiro atoms. The Morgan fingerprint density at radius 1 is 1.10 bits per heavy atom. The second-order valence-electron chi connectivity index (χ2n) is 4.82. The maximum absolute atomic E-state index is 12.5. The molecule has 0 radical (unpaired) electrons. The number of halogens is 1. The number of benzene rings is 2. The number of hydrogen-bond acceptors (Lipinski definition) is 3. The third-order valence-electron chi connectivity index (χ3n) is 3.29. The molecule has 2 aromatic rings. The van der Waals surface area contributed by atoms with Crippen LogP contribution in [0, 0.1) is 0 Å². The minimum Gasteiger partial charge on any atom is -0.352 e. The van der Waals surface area contributed by atoms with E-state index in [1.807, 2.05) is 6.07 Å². The zero-order valence-corrected chi connectivity index (χ0v) is 11.9. The van der Waals surface area contributed by atoms with Gasteiger partial charge in [-0.05, 0) is 23.8 Å². The van der Waals surface area contributed by atoms with Crippen molar-refractivity contribution in [3.63, 3.8) is 0 Å². The van der Waals surface area contributed by atoms with Crippen molar-refractivity contribution < 1.29 is 9.59 Å². The van der Waals surface area contributed by atoms with Crippen LogP contribution in [0.4, 0.5) is 5.69 Å². The van der Waals surface area contributed by atoms with Gasteiger partial charge in [-0.3, -0.25) is 9.59 Å². The van der Waals surface area contributed by atoms with E-state index in [4.69, 9.17) is 11.6 Å². The van der Waals surface area contributed by atoms with Crippen LogP contribution in [0.5, 0.6) is 0 Å². The third-order valence-corrected chi connectivity index (χ3v) is 3.52. The first-order valence-electron chi connectivity index (χ1n) is 6.53. The first-order chi connectivity index (χ1) is 10.1. The number of nitrogens with one attached hydrogen (secondary N) is 1. The van der Waals surface area contributed by atoms with Crippen LogP contribution in [0.2, 0.25) is 5.02 Å². The number of Topliss-reactive ketones (excluding diaryl/α,β-unsaturated/α-hetero) is 1. The number of ketones is 2. The van der Waals surface area contributed by atoms with E-state index in [2.05, 4.69) is 5.32 Å². The highest BCUT2D eigenvalue weighted by Crippen LogP contribution is 2.26. The van der Waals surface area contributed by atoms with Gasteiger partial charge < -0.3 is 5.32 Å². The molecular formula is C17H12ClNO2. The molecule has 3 nitrogen and oxygen atoms in total. The zero-order chi connectivity index (χ0) is 14.8. The largest absolute Gasteiger partial charge is 0.352 e. The van der Waals surface area contributed by atoms with Crippen LogP contribution in [0.1, 0.15) is 15.9 Å². The van der Waals surface area contributed by atoms with Crippen molar-refractivity contribution in [2.45, 2.75) is 6.42 Å². The van der Waals surface area contributed by atoms with Gasteiger partial charge in [0.25, 0.3) is 0 Å². The average Bonchev–Trinajstić information content (AvgIpc) is 2.65. The Hall–Kier alpha value is -2.39. The molecule has 0 aromatic heterocycles. The number of fused-ring (bicyclic) bond motifs is 1. The molecule has 2 aromatic carbocycles. The highest BCUT2D eigenvalue weighted by atomic mass is 35.5. The van der Waals surface area contributed by atoms with E-state index in [1.54, 1.807) is 42.5 Å². The van der Waals surface area contributed by atoms with Gasteiger partial charge in [0.2, 0.25) is 5.78 Å². The molecule has 0 amide bonds. The fourth-order valence-electron chi connectivity index (χ4n) is 2.28. The predicted octanol–water partition coefficient (Wildman–Crippen LogP) is 3.64. The first-order valence-corrected chi connectivity index (χ1v) is 6.91. The van der Waals surface area contributed by atoms with E-state index in [-0.39, 0.29) is 23.7 Å². The van der Waals surface area contributed by atoms with Crippen molar-refractivity contribution in [1.82, 2.24) is 0 Å². The average molecular weight is 298 g/mol. The van der Waals surface area contributed by atoms with Crippen molar-refractivity contribution in [3.05, 3.63) is 76.5 Å². The molecular weight excluding hydrogens is 286 g/mol. The smallest absolute Gasteiger partial charge is 0.209 e. The van der Waals surface area contributed by atoms with Gasteiger partial charge in [0.05, 0.1) is 5.70 Å². The Balaban J connectivity index is 1.98. The number of anilines is 1. The summed E-state index contributed by atoms with van der Waals surface area (Å²) in [5.41, 5.74) is 2.36. The summed E-state index contributed by atoms with van der Waals surface area (Å²) in [6.07, 6.45) is 1.59. The van der Waals surface area contributed by atoms with Crippen molar-refractivity contribution in [1.29, 1.82) is 0 Å². The summed E-state index contributed by atoms with van der Waals surface area (Å²) in [7, 11) is 0. The quantitative estimate of drug-likeness (QED) is 0.861. The lowest BCUT2D eigenvalue weighted by atomic mass is 10.1. The van der Waals surface area contributed by atoms with Crippen LogP contribution in [0.25, 0.3) is 0 Å². The van der Waals surface area contributed by atoms with Crippen LogP contribution in [-0.4, -0.2) is 11.6 Å². The fraction of sp³-hybridized carbons (Fsp3) is 0.0588. The summed E-state index contributed by atoms with van der Waals surface area (Å²) in [6.45, 7) is 0. The maximum atomic E-state index is 12.5. The fourth-order valence-corrected chi connectivity index (χ4v) is 2.47. The van der Waals surface area contributed by atoms with Crippen LogP contribution in [0.15, 0.2) is 60.3 Å². The molecule has 104 valence electrons. The van der Waals surface area contributed by atoms with E-state index >= 15 is 0 Å². The summed E-state index contributed by atoms with van der Waals surface area (Å²) in [6, 6.07) is 14.1. The Kier molecular flexibility index (Phi) is 3.59. The van der Waals surface area contributed by atoms with E-state index in [1.165, 1.54) is 6.08 Å². The number of carbonyl (C=O) groups excluding carboxylic acids is 2. The standard InChI is InChI=1S/C17H12ClNO2/c18-13-6-7-15-12(8-13)9-14(20)10-16(19-15)17(21)11-4-2-1-3-5-11/h1-8,10,19H,9H2. The van der Waals surface area contributed by atoms with Gasteiger partial charge in [-0.15, -0.1) is 0 Å². The number of rotatable bonds is 2. The van der Waals surface area contributed by atoms with E-state index < -0.39 is 0 Å². The molecule has 0 bridgehead atoms. The lowest BCUT2D eigenvalue weighted by molar-refractivity contribution is -0.114. The molecule has 3 rings (SSSR count). The van der Waals surface area contributed by atoms with Crippen LogP contribution >= 0.6 is 11.6 Å². The van der Waals surface area contributed by atoms with Gasteiger partial charge in [0.15, 0.2) is 5.78 Å². The molecule has 1 aliphatic heterocycles. The highest BCUT2D eigenvalue weighted by molar-refractivity contribution is 6.30. The highest BCUT2D eigenvalue weighted by Gasteiger charge is 2.19. The predicted molar refractivity (Wildman–Crippen MR) is 82.6 cm³/mol. The van der Waals surface area contributed by atoms with E-state index in [0.717, 1.165) is 11.3 Å². The Morgan fingerprint density at radius 2 is 1.86 bits per heavy atom. The van der Waals surface area contributed by atoms with Crippen LogP contribution in [0.3, 0.4) is 0 Å². The normalized spacial score (nSPS) is 13.8. The van der Waals surface area contributed by atoms with Crippen molar-refractivity contribution in [2.75, 3.05) is 5.32 Å². The molecule has 0 atom stereocenters. The molecule has 0 saturated heterocycles. The molecule has 0 fully saturated rings. The molecule has 0 aliphatic carbocycles. The van der Waals surface area contributed by atoms with Crippen LogP contribution < -0.4 is 5.32 Å². The SMILES string of the molecule is O=C1C=C(C(=O)c2ccccc2)Nc2ccc(Cl)cc2C1. The second-order valence-corrected chi connectivity index (χ2v) is 5.26. The van der Waals surface area contributed by atoms with Gasteiger partial charge >= 0.3 is 0 Å². The summed E-state index contributed by atoms with van der Waals surface area (Å²) >= 11 is 5.95. The van der Waals surface area contributed by atoms with Gasteiger partial charge in [-0.1, -0.05) is 41.9 Å². The van der Waals surface area contributed by atoms with Gasteiger partial charge in [-0.2, -0.15) is 0 Å². The minimum absolute atomic E-state index is 0.122. The van der Waals surface area contributed by atoms with Crippen LogP contribution in [-0.2, 0) is 11.2 Å². The van der Waals surface area contributed by atoms with E-state index in [0.29, 0.717) is 10.6 Å². The molecule has 0 unspecified atom stereocenters. The summed E-state index contributed by atoms with van der Waals surface area (Å²) in [5.74, 6) is -0.324. The Labute approximate surface area is 127 Å². The lowest BCUT2D eigenvalue weighted by Gasteiger charge is -2.11. The molecule has 1 N–H and O–H groups in total. The molecule has 0 saturated carbocycles. The van der Waals surface area contributed by atoms with Gasteiger partial charge in [0, 0.05) is 28.8 Å². The van der Waals surface area contributed by atoms with Crippen molar-refractivity contribution in [2.24, 2.45) is 0 Å². The first kappa shape index (κ1) is 13.6. The topological polar surface area (TPSA) is 46.2 Å². The summed E-state index contributed by atoms with van der Waals surface area (Å²) < 4.78 is 0. The number of allylic oxidation sites excluding steroid dienone is 2. The number of hydrogen-bond donors (Lipinski definition) is 1. The second kappa shape index (κ2) is 5.54. The zero-order valence-electron chi connectivity index (χ0n) is 11.1. The van der Waals surface area contributed by atoms with Crippen molar-refractivity contribution in [3.8, 4) is 0 Å². The molecule has 1 aliphatic rings. The summed E-state index contributed by atoms with van der Waals surface area (Å²) in [4.78, 5) is 24.5. The minimum atomic E-state index is -0.202. The Bertz CT molecular complexity index is 751. The Morgan fingerprint density at radius 3 is 2.62 bits per heavy atom. The lowest BCUT2D eigenvalue weighted by Crippen LogP contribution is -2.12. The molecule has 1 heterocycles. The molecule has 4 heteroatoms. The summed E-state index contributed by atoms with van der Waals surface area (Å²) in [5, 5.41) is 3.62. The number of carbonyl (C=O) groups is 2. The van der Waals surface area contributed by atoms with E-state index in [9.17, 15) is 9.59 Å². The van der Waals surface area contributed by atoms with Gasteiger partial charge in [0.1, 0.15) is 0 Å². The van der Waals surface area contributed by atoms with Crippen molar-refractivity contribution >= 4 is 28.9 Å². The molecule has 21 heavy (non-hydrogen) atoms. The maximum Gasteiger partial charge on any atom is 0.209 e.